The molecule has 0 fully saturated rings. The highest BCUT2D eigenvalue weighted by atomic mass is 32.2. The number of hydrogen-bond donors (Lipinski definition) is 1. The lowest BCUT2D eigenvalue weighted by Gasteiger charge is -2.12. The van der Waals surface area contributed by atoms with E-state index in [-0.39, 0.29) is 11.9 Å². The molecule has 0 aromatic heterocycles. The van der Waals surface area contributed by atoms with Crippen LogP contribution in [0.25, 0.3) is 0 Å². The Morgan fingerprint density at radius 1 is 1.47 bits per heavy atom. The maximum Gasteiger partial charge on any atom is 0.123 e. The van der Waals surface area contributed by atoms with Crippen molar-refractivity contribution in [1.82, 2.24) is 0 Å². The molecule has 84 valence electrons. The van der Waals surface area contributed by atoms with E-state index in [1.807, 2.05) is 13.0 Å². The van der Waals surface area contributed by atoms with Gasteiger partial charge in [-0.3, -0.25) is 0 Å². The highest BCUT2D eigenvalue weighted by Gasteiger charge is 2.08. The molecule has 0 aliphatic rings. The summed E-state index contributed by atoms with van der Waals surface area (Å²) < 4.78 is 13.0. The Kier molecular flexibility index (Phi) is 5.12. The van der Waals surface area contributed by atoms with Gasteiger partial charge in [-0.25, -0.2) is 4.39 Å². The highest BCUT2D eigenvalue weighted by molar-refractivity contribution is 7.99. The van der Waals surface area contributed by atoms with Crippen molar-refractivity contribution in [3.05, 3.63) is 29.6 Å². The summed E-state index contributed by atoms with van der Waals surface area (Å²) in [5.74, 6) is 0.865. The van der Waals surface area contributed by atoms with Crippen LogP contribution in [0.3, 0.4) is 0 Å². The van der Waals surface area contributed by atoms with E-state index in [4.69, 9.17) is 5.73 Å². The van der Waals surface area contributed by atoms with Gasteiger partial charge in [-0.15, -0.1) is 11.8 Å². The first-order valence-corrected chi connectivity index (χ1v) is 6.31. The predicted molar refractivity (Wildman–Crippen MR) is 64.6 cm³/mol. The number of rotatable bonds is 5. The van der Waals surface area contributed by atoms with Crippen LogP contribution in [0.15, 0.2) is 23.1 Å². The summed E-state index contributed by atoms with van der Waals surface area (Å²) >= 11 is 1.76. The van der Waals surface area contributed by atoms with E-state index >= 15 is 0 Å². The van der Waals surface area contributed by atoms with Crippen LogP contribution in [0.5, 0.6) is 0 Å². The fourth-order valence-corrected chi connectivity index (χ4v) is 2.56. The minimum Gasteiger partial charge on any atom is -0.324 e. The number of hydrogen-bond acceptors (Lipinski definition) is 2. The number of halogens is 1. The molecule has 0 bridgehead atoms. The van der Waals surface area contributed by atoms with Gasteiger partial charge in [0.15, 0.2) is 0 Å². The Morgan fingerprint density at radius 2 is 2.20 bits per heavy atom. The summed E-state index contributed by atoms with van der Waals surface area (Å²) in [7, 11) is 0. The van der Waals surface area contributed by atoms with Gasteiger partial charge in [-0.05, 0) is 42.9 Å². The molecule has 1 aromatic rings. The van der Waals surface area contributed by atoms with Crippen molar-refractivity contribution in [2.24, 2.45) is 5.73 Å². The molecule has 1 nitrogen and oxygen atoms in total. The summed E-state index contributed by atoms with van der Waals surface area (Å²) in [6.45, 7) is 4.05. The van der Waals surface area contributed by atoms with Crippen LogP contribution in [0, 0.1) is 5.82 Å². The number of benzene rings is 1. The van der Waals surface area contributed by atoms with Gasteiger partial charge in [-0.2, -0.15) is 0 Å². The van der Waals surface area contributed by atoms with Crippen molar-refractivity contribution in [3.63, 3.8) is 0 Å². The first kappa shape index (κ1) is 12.5. The van der Waals surface area contributed by atoms with Gasteiger partial charge in [-0.1, -0.05) is 13.3 Å². The topological polar surface area (TPSA) is 26.0 Å². The van der Waals surface area contributed by atoms with Crippen molar-refractivity contribution in [1.29, 1.82) is 0 Å². The molecule has 1 atom stereocenters. The molecular formula is C12H18FNS. The molecule has 3 heteroatoms. The lowest BCUT2D eigenvalue weighted by molar-refractivity contribution is 0.619. The molecule has 1 aromatic carbocycles. The molecule has 0 unspecified atom stereocenters. The van der Waals surface area contributed by atoms with Gasteiger partial charge in [0.1, 0.15) is 5.82 Å². The van der Waals surface area contributed by atoms with Gasteiger partial charge in [0.2, 0.25) is 0 Å². The van der Waals surface area contributed by atoms with E-state index in [2.05, 4.69) is 6.92 Å². The smallest absolute Gasteiger partial charge is 0.123 e. The first-order chi connectivity index (χ1) is 7.15. The van der Waals surface area contributed by atoms with Crippen molar-refractivity contribution in [2.45, 2.75) is 37.6 Å². The Balaban J connectivity index is 2.77. The molecule has 0 heterocycles. The summed E-state index contributed by atoms with van der Waals surface area (Å²) in [5, 5.41) is 0. The quantitative estimate of drug-likeness (QED) is 0.612. The summed E-state index contributed by atoms with van der Waals surface area (Å²) in [6, 6.07) is 4.76. The zero-order valence-electron chi connectivity index (χ0n) is 9.29. The lowest BCUT2D eigenvalue weighted by Crippen LogP contribution is -2.07. The largest absolute Gasteiger partial charge is 0.324 e. The van der Waals surface area contributed by atoms with Gasteiger partial charge in [0, 0.05) is 10.9 Å². The van der Waals surface area contributed by atoms with E-state index in [9.17, 15) is 4.39 Å². The summed E-state index contributed by atoms with van der Waals surface area (Å²) in [6.07, 6.45) is 2.36. The molecule has 1 rings (SSSR count). The van der Waals surface area contributed by atoms with Crippen molar-refractivity contribution in [2.75, 3.05) is 5.75 Å². The SMILES string of the molecule is CCCCSc1ccc(F)cc1[C@@H](C)N. The van der Waals surface area contributed by atoms with Gasteiger partial charge in [0.25, 0.3) is 0 Å². The van der Waals surface area contributed by atoms with Crippen LogP contribution < -0.4 is 5.73 Å². The minimum atomic E-state index is -0.206. The van der Waals surface area contributed by atoms with Crippen molar-refractivity contribution < 1.29 is 4.39 Å². The second-order valence-corrected chi connectivity index (χ2v) is 4.81. The Labute approximate surface area is 95.2 Å². The van der Waals surface area contributed by atoms with Gasteiger partial charge < -0.3 is 5.73 Å². The second-order valence-electron chi connectivity index (χ2n) is 3.67. The van der Waals surface area contributed by atoms with E-state index in [0.29, 0.717) is 0 Å². The molecule has 0 amide bonds. The Morgan fingerprint density at radius 3 is 2.80 bits per heavy atom. The number of thioether (sulfide) groups is 1. The monoisotopic (exact) mass is 227 g/mol. The first-order valence-electron chi connectivity index (χ1n) is 5.33. The van der Waals surface area contributed by atoms with E-state index in [0.717, 1.165) is 16.2 Å². The van der Waals surface area contributed by atoms with Crippen LogP contribution in [0.4, 0.5) is 4.39 Å². The van der Waals surface area contributed by atoms with Crippen LogP contribution in [-0.4, -0.2) is 5.75 Å². The van der Waals surface area contributed by atoms with E-state index in [1.54, 1.807) is 17.8 Å². The third-order valence-electron chi connectivity index (χ3n) is 2.22. The third-order valence-corrected chi connectivity index (χ3v) is 3.39. The Bertz CT molecular complexity index is 312. The average molecular weight is 227 g/mol. The molecule has 0 aliphatic heterocycles. The molecule has 0 spiro atoms. The predicted octanol–water partition coefficient (Wildman–Crippen LogP) is 3.74. The molecule has 0 radical (unpaired) electrons. The maximum atomic E-state index is 13.0. The number of nitrogens with two attached hydrogens (primary N) is 1. The van der Waals surface area contributed by atoms with Gasteiger partial charge in [0.05, 0.1) is 0 Å². The third kappa shape index (κ3) is 3.84. The van der Waals surface area contributed by atoms with Crippen molar-refractivity contribution in [3.8, 4) is 0 Å². The zero-order chi connectivity index (χ0) is 11.3. The van der Waals surface area contributed by atoms with Crippen LogP contribution in [0.2, 0.25) is 0 Å². The standard InChI is InChI=1S/C12H18FNS/c1-3-4-7-15-12-6-5-10(13)8-11(12)9(2)14/h5-6,8-9H,3-4,7,14H2,1-2H3/t9-/m1/s1. The maximum absolute atomic E-state index is 13.0. The minimum absolute atomic E-state index is 0.107. The molecule has 15 heavy (non-hydrogen) atoms. The average Bonchev–Trinajstić information content (AvgIpc) is 2.20. The fraction of sp³-hybridized carbons (Fsp3) is 0.500. The zero-order valence-corrected chi connectivity index (χ0v) is 10.1. The molecule has 2 N–H and O–H groups in total. The van der Waals surface area contributed by atoms with Crippen LogP contribution in [0.1, 0.15) is 38.3 Å². The normalized spacial score (nSPS) is 12.8. The van der Waals surface area contributed by atoms with Crippen molar-refractivity contribution >= 4 is 11.8 Å². The Hall–Kier alpha value is -0.540. The molecule has 0 aliphatic carbocycles. The fourth-order valence-electron chi connectivity index (χ4n) is 1.33. The van der Waals surface area contributed by atoms with Gasteiger partial charge >= 0.3 is 0 Å². The van der Waals surface area contributed by atoms with Crippen LogP contribution >= 0.6 is 11.8 Å². The molecule has 0 saturated heterocycles. The molecular weight excluding hydrogens is 209 g/mol. The number of unbranched alkanes of at least 4 members (excludes halogenated alkanes) is 1. The molecule has 0 saturated carbocycles. The van der Waals surface area contributed by atoms with E-state index in [1.165, 1.54) is 18.9 Å². The van der Waals surface area contributed by atoms with E-state index < -0.39 is 0 Å². The summed E-state index contributed by atoms with van der Waals surface area (Å²) in [4.78, 5) is 1.11. The highest BCUT2D eigenvalue weighted by Crippen LogP contribution is 2.27. The lowest BCUT2D eigenvalue weighted by atomic mass is 10.1. The second kappa shape index (κ2) is 6.13. The summed E-state index contributed by atoms with van der Waals surface area (Å²) in [5.41, 5.74) is 6.72. The van der Waals surface area contributed by atoms with Crippen LogP contribution in [-0.2, 0) is 0 Å².